The molecule has 0 saturated heterocycles. The quantitative estimate of drug-likeness (QED) is 0.649. The topological polar surface area (TPSA) is 26.3 Å². The van der Waals surface area contributed by atoms with Crippen LogP contribution in [-0.4, -0.2) is 12.6 Å². The zero-order valence-corrected chi connectivity index (χ0v) is 9.05. The minimum atomic E-state index is 0.0138. The number of carbonyl (C=O) groups is 1. The Kier molecular flexibility index (Phi) is 2.80. The van der Waals surface area contributed by atoms with Gasteiger partial charge in [-0.05, 0) is 37.5 Å². The summed E-state index contributed by atoms with van der Waals surface area (Å²) in [4.78, 5) is 11.3. The third-order valence-corrected chi connectivity index (χ3v) is 3.93. The van der Waals surface area contributed by atoms with E-state index in [-0.39, 0.29) is 5.97 Å². The second-order valence-corrected chi connectivity index (χ2v) is 4.83. The van der Waals surface area contributed by atoms with Gasteiger partial charge in [0.25, 0.3) is 0 Å². The molecule has 0 aromatic carbocycles. The highest BCUT2D eigenvalue weighted by molar-refractivity contribution is 5.70. The molecule has 2 aliphatic carbocycles. The Labute approximate surface area is 86.0 Å². The third-order valence-electron chi connectivity index (χ3n) is 3.93. The van der Waals surface area contributed by atoms with E-state index in [1.54, 1.807) is 0 Å². The maximum Gasteiger partial charge on any atom is 0.306 e. The summed E-state index contributed by atoms with van der Waals surface area (Å²) < 4.78 is 4.99. The highest BCUT2D eigenvalue weighted by atomic mass is 16.5. The molecule has 2 saturated carbocycles. The molecular weight excluding hydrogens is 176 g/mol. The normalized spacial score (nSPS) is 28.8. The van der Waals surface area contributed by atoms with Gasteiger partial charge in [-0.1, -0.05) is 19.3 Å². The van der Waals surface area contributed by atoms with Crippen molar-refractivity contribution >= 4 is 5.97 Å². The average molecular weight is 196 g/mol. The maximum atomic E-state index is 11.3. The highest BCUT2D eigenvalue weighted by Gasteiger charge is 2.54. The van der Waals surface area contributed by atoms with Crippen molar-refractivity contribution in [1.29, 1.82) is 0 Å². The summed E-state index contributed by atoms with van der Waals surface area (Å²) in [6, 6.07) is 0. The minimum absolute atomic E-state index is 0.0138. The Morgan fingerprint density at radius 2 is 2.07 bits per heavy atom. The lowest BCUT2D eigenvalue weighted by Crippen LogP contribution is -2.12. The molecule has 0 aliphatic heterocycles. The number of esters is 1. The van der Waals surface area contributed by atoms with Gasteiger partial charge in [-0.3, -0.25) is 4.79 Å². The van der Waals surface area contributed by atoms with Crippen LogP contribution in [0.3, 0.4) is 0 Å². The van der Waals surface area contributed by atoms with Crippen LogP contribution < -0.4 is 0 Å². The van der Waals surface area contributed by atoms with Gasteiger partial charge in [-0.25, -0.2) is 0 Å². The molecule has 0 heterocycles. The first-order chi connectivity index (χ1) is 6.77. The van der Waals surface area contributed by atoms with E-state index in [9.17, 15) is 4.79 Å². The molecule has 1 spiro atoms. The lowest BCUT2D eigenvalue weighted by atomic mass is 9.84. The molecule has 0 bridgehead atoms. The number of carbonyl (C=O) groups excluding carboxylic acids is 1. The molecule has 1 atom stereocenters. The summed E-state index contributed by atoms with van der Waals surface area (Å²) in [5.74, 6) is 0.668. The fraction of sp³-hybridized carbons (Fsp3) is 0.917. The van der Waals surface area contributed by atoms with E-state index in [0.717, 1.165) is 0 Å². The van der Waals surface area contributed by atoms with Crippen molar-refractivity contribution < 1.29 is 9.53 Å². The number of rotatable bonds is 3. The highest BCUT2D eigenvalue weighted by Crippen LogP contribution is 2.62. The van der Waals surface area contributed by atoms with Crippen LogP contribution in [0.15, 0.2) is 0 Å². The molecule has 0 aromatic rings. The van der Waals surface area contributed by atoms with Crippen molar-refractivity contribution in [3.05, 3.63) is 0 Å². The summed E-state index contributed by atoms with van der Waals surface area (Å²) in [6.45, 7) is 2.40. The first kappa shape index (κ1) is 10.0. The molecule has 0 aromatic heterocycles. The Morgan fingerprint density at radius 3 is 2.71 bits per heavy atom. The maximum absolute atomic E-state index is 11.3. The summed E-state index contributed by atoms with van der Waals surface area (Å²) in [5.41, 5.74) is 0.574. The Hall–Kier alpha value is -0.530. The van der Waals surface area contributed by atoms with Crippen LogP contribution in [-0.2, 0) is 9.53 Å². The van der Waals surface area contributed by atoms with Crippen LogP contribution >= 0.6 is 0 Å². The number of ether oxygens (including phenoxy) is 1. The van der Waals surface area contributed by atoms with E-state index in [2.05, 4.69) is 0 Å². The smallest absolute Gasteiger partial charge is 0.306 e. The molecule has 2 aliphatic rings. The molecule has 2 rings (SSSR count). The first-order valence-corrected chi connectivity index (χ1v) is 5.92. The fourth-order valence-electron chi connectivity index (χ4n) is 3.01. The first-order valence-electron chi connectivity index (χ1n) is 5.92. The summed E-state index contributed by atoms with van der Waals surface area (Å²) in [6.07, 6.45) is 8.82. The predicted octanol–water partition coefficient (Wildman–Crippen LogP) is 2.91. The summed E-state index contributed by atoms with van der Waals surface area (Å²) in [5, 5.41) is 0. The van der Waals surface area contributed by atoms with Gasteiger partial charge >= 0.3 is 5.97 Å². The van der Waals surface area contributed by atoms with Crippen LogP contribution in [0.4, 0.5) is 0 Å². The zero-order valence-electron chi connectivity index (χ0n) is 9.05. The van der Waals surface area contributed by atoms with E-state index >= 15 is 0 Å². The molecule has 80 valence electrons. The van der Waals surface area contributed by atoms with Gasteiger partial charge in [0.15, 0.2) is 0 Å². The van der Waals surface area contributed by atoms with Crippen LogP contribution in [0.1, 0.15) is 51.9 Å². The van der Waals surface area contributed by atoms with Gasteiger partial charge in [-0.2, -0.15) is 0 Å². The van der Waals surface area contributed by atoms with Crippen LogP contribution in [0.2, 0.25) is 0 Å². The van der Waals surface area contributed by atoms with Gasteiger partial charge in [0, 0.05) is 6.42 Å². The molecule has 14 heavy (non-hydrogen) atoms. The molecular formula is C12H20O2. The zero-order chi connectivity index (χ0) is 10.0. The Balaban J connectivity index is 1.77. The van der Waals surface area contributed by atoms with E-state index in [0.29, 0.717) is 24.4 Å². The molecule has 2 heteroatoms. The molecule has 1 unspecified atom stereocenters. The van der Waals surface area contributed by atoms with Crippen molar-refractivity contribution in [3.8, 4) is 0 Å². The Bertz CT molecular complexity index is 216. The van der Waals surface area contributed by atoms with Crippen LogP contribution in [0.5, 0.6) is 0 Å². The summed E-state index contributed by atoms with van der Waals surface area (Å²) >= 11 is 0. The van der Waals surface area contributed by atoms with E-state index in [4.69, 9.17) is 4.74 Å². The van der Waals surface area contributed by atoms with Gasteiger partial charge < -0.3 is 4.74 Å². The van der Waals surface area contributed by atoms with Gasteiger partial charge in [0.2, 0.25) is 0 Å². The second-order valence-electron chi connectivity index (χ2n) is 4.83. The van der Waals surface area contributed by atoms with Crippen LogP contribution in [0, 0.1) is 11.3 Å². The third kappa shape index (κ3) is 1.94. The molecule has 0 N–H and O–H groups in total. The van der Waals surface area contributed by atoms with Crippen molar-refractivity contribution in [1.82, 2.24) is 0 Å². The number of hydrogen-bond donors (Lipinski definition) is 0. The lowest BCUT2D eigenvalue weighted by molar-refractivity contribution is -0.143. The van der Waals surface area contributed by atoms with Crippen molar-refractivity contribution in [3.63, 3.8) is 0 Å². The molecule has 2 fully saturated rings. The van der Waals surface area contributed by atoms with Gasteiger partial charge in [-0.15, -0.1) is 0 Å². The van der Waals surface area contributed by atoms with Crippen molar-refractivity contribution in [2.75, 3.05) is 6.61 Å². The van der Waals surface area contributed by atoms with Gasteiger partial charge in [0.1, 0.15) is 0 Å². The second kappa shape index (κ2) is 3.92. The standard InChI is InChI=1S/C12H20O2/c1-2-14-11(13)8-10-9-12(10)6-4-3-5-7-12/h10H,2-9H2,1H3. The summed E-state index contributed by atoms with van der Waals surface area (Å²) in [7, 11) is 0. The van der Waals surface area contributed by atoms with Crippen molar-refractivity contribution in [2.24, 2.45) is 11.3 Å². The molecule has 0 amide bonds. The monoisotopic (exact) mass is 196 g/mol. The Morgan fingerprint density at radius 1 is 1.36 bits per heavy atom. The van der Waals surface area contributed by atoms with Crippen molar-refractivity contribution in [2.45, 2.75) is 51.9 Å². The molecule has 0 radical (unpaired) electrons. The minimum Gasteiger partial charge on any atom is -0.466 e. The SMILES string of the molecule is CCOC(=O)CC1CC12CCCCC2. The molecule has 2 nitrogen and oxygen atoms in total. The van der Waals surface area contributed by atoms with E-state index in [1.165, 1.54) is 38.5 Å². The predicted molar refractivity (Wildman–Crippen MR) is 54.9 cm³/mol. The lowest BCUT2D eigenvalue weighted by Gasteiger charge is -2.22. The van der Waals surface area contributed by atoms with Gasteiger partial charge in [0.05, 0.1) is 6.61 Å². The van der Waals surface area contributed by atoms with E-state index < -0.39 is 0 Å². The van der Waals surface area contributed by atoms with Crippen LogP contribution in [0.25, 0.3) is 0 Å². The fourth-order valence-corrected chi connectivity index (χ4v) is 3.01. The van der Waals surface area contributed by atoms with E-state index in [1.807, 2.05) is 6.92 Å². The largest absolute Gasteiger partial charge is 0.466 e. The number of hydrogen-bond acceptors (Lipinski definition) is 2. The average Bonchev–Trinajstić information content (AvgIpc) is 2.79.